The highest BCUT2D eigenvalue weighted by molar-refractivity contribution is 7.99. The Morgan fingerprint density at radius 1 is 1.27 bits per heavy atom. The van der Waals surface area contributed by atoms with Crippen LogP contribution in [0.4, 0.5) is 5.95 Å². The van der Waals surface area contributed by atoms with Crippen LogP contribution in [-0.4, -0.2) is 20.2 Å². The van der Waals surface area contributed by atoms with Crippen LogP contribution in [0.15, 0.2) is 20.7 Å². The number of aryl methyl sites for hydroxylation is 2. The average Bonchev–Trinajstić information content (AvgIpc) is 2.49. The minimum atomic E-state index is 0.244. The first-order valence-electron chi connectivity index (χ1n) is 4.22. The van der Waals surface area contributed by atoms with Crippen LogP contribution in [-0.2, 0) is 0 Å². The number of anilines is 1. The summed E-state index contributed by atoms with van der Waals surface area (Å²) in [5.41, 5.74) is 6.32. The van der Waals surface area contributed by atoms with Gasteiger partial charge in [0.2, 0.25) is 11.8 Å². The van der Waals surface area contributed by atoms with Crippen molar-refractivity contribution in [2.24, 2.45) is 0 Å². The van der Waals surface area contributed by atoms with Gasteiger partial charge in [-0.1, -0.05) is 0 Å². The highest BCUT2D eigenvalue weighted by atomic mass is 32.2. The number of nitrogen functional groups attached to an aromatic ring is 1. The van der Waals surface area contributed by atoms with Crippen LogP contribution in [0.5, 0.6) is 0 Å². The number of rotatable bonds is 2. The third-order valence-electron chi connectivity index (χ3n) is 1.55. The van der Waals surface area contributed by atoms with Gasteiger partial charge in [-0.2, -0.15) is 0 Å². The number of hydrogen-bond acceptors (Lipinski definition) is 7. The van der Waals surface area contributed by atoms with Gasteiger partial charge >= 0.3 is 0 Å². The van der Waals surface area contributed by atoms with E-state index in [9.17, 15) is 0 Å². The van der Waals surface area contributed by atoms with Crippen molar-refractivity contribution in [3.05, 3.63) is 17.7 Å². The van der Waals surface area contributed by atoms with E-state index in [-0.39, 0.29) is 5.95 Å². The summed E-state index contributed by atoms with van der Waals surface area (Å²) in [5.74, 6) is 0.769. The molecular formula is C8H9N5OS. The predicted octanol–water partition coefficient (Wildman–Crippen LogP) is 1.21. The van der Waals surface area contributed by atoms with E-state index in [1.807, 2.05) is 6.92 Å². The lowest BCUT2D eigenvalue weighted by atomic mass is 10.5. The van der Waals surface area contributed by atoms with Crippen molar-refractivity contribution >= 4 is 17.7 Å². The van der Waals surface area contributed by atoms with Gasteiger partial charge in [0.15, 0.2) is 0 Å². The summed E-state index contributed by atoms with van der Waals surface area (Å²) in [5, 5.41) is 8.71. The molecule has 0 atom stereocenters. The molecule has 0 amide bonds. The Kier molecular flexibility index (Phi) is 2.55. The van der Waals surface area contributed by atoms with E-state index in [4.69, 9.17) is 10.2 Å². The highest BCUT2D eigenvalue weighted by Crippen LogP contribution is 2.25. The van der Waals surface area contributed by atoms with Crippen molar-refractivity contribution in [1.29, 1.82) is 0 Å². The van der Waals surface area contributed by atoms with Crippen LogP contribution in [0.2, 0.25) is 0 Å². The van der Waals surface area contributed by atoms with Crippen molar-refractivity contribution in [1.82, 2.24) is 20.2 Å². The second-order valence-electron chi connectivity index (χ2n) is 2.89. The number of hydrogen-bond donors (Lipinski definition) is 1. The van der Waals surface area contributed by atoms with E-state index in [0.29, 0.717) is 16.1 Å². The minimum Gasteiger partial charge on any atom is -0.416 e. The van der Waals surface area contributed by atoms with Crippen molar-refractivity contribution < 1.29 is 4.42 Å². The van der Waals surface area contributed by atoms with Crippen LogP contribution in [0.3, 0.4) is 0 Å². The van der Waals surface area contributed by atoms with E-state index in [1.165, 1.54) is 11.8 Å². The quantitative estimate of drug-likeness (QED) is 0.765. The largest absolute Gasteiger partial charge is 0.416 e. The smallest absolute Gasteiger partial charge is 0.282 e. The molecule has 0 aliphatic rings. The van der Waals surface area contributed by atoms with Crippen molar-refractivity contribution in [3.63, 3.8) is 0 Å². The summed E-state index contributed by atoms with van der Waals surface area (Å²) in [6.07, 6.45) is 0. The fourth-order valence-corrected chi connectivity index (χ4v) is 1.81. The lowest BCUT2D eigenvalue weighted by Crippen LogP contribution is -1.97. The Morgan fingerprint density at radius 2 is 2.07 bits per heavy atom. The maximum Gasteiger partial charge on any atom is 0.282 e. The van der Waals surface area contributed by atoms with E-state index < -0.39 is 0 Å². The monoisotopic (exact) mass is 223 g/mol. The number of nitrogens with zero attached hydrogens (tertiary/aromatic N) is 4. The summed E-state index contributed by atoms with van der Waals surface area (Å²) in [6.45, 7) is 3.58. The van der Waals surface area contributed by atoms with Gasteiger partial charge in [-0.3, -0.25) is 0 Å². The summed E-state index contributed by atoms with van der Waals surface area (Å²) in [4.78, 5) is 8.01. The summed E-state index contributed by atoms with van der Waals surface area (Å²) in [7, 11) is 0. The van der Waals surface area contributed by atoms with Crippen LogP contribution in [0.1, 0.15) is 11.6 Å². The Bertz CT molecular complexity index is 463. The molecule has 0 aromatic carbocycles. The number of aromatic nitrogens is 4. The van der Waals surface area contributed by atoms with Crippen molar-refractivity contribution in [2.75, 3.05) is 5.73 Å². The second kappa shape index (κ2) is 3.85. The zero-order valence-electron chi connectivity index (χ0n) is 8.26. The van der Waals surface area contributed by atoms with Crippen molar-refractivity contribution in [2.45, 2.75) is 24.1 Å². The topological polar surface area (TPSA) is 90.7 Å². The van der Waals surface area contributed by atoms with Gasteiger partial charge < -0.3 is 10.2 Å². The predicted molar refractivity (Wildman–Crippen MR) is 54.3 cm³/mol. The van der Waals surface area contributed by atoms with Crippen LogP contribution < -0.4 is 5.73 Å². The lowest BCUT2D eigenvalue weighted by molar-refractivity contribution is 0.429. The molecule has 0 radical (unpaired) electrons. The molecule has 0 bridgehead atoms. The lowest BCUT2D eigenvalue weighted by Gasteiger charge is -1.98. The van der Waals surface area contributed by atoms with Crippen LogP contribution in [0.25, 0.3) is 0 Å². The van der Waals surface area contributed by atoms with Gasteiger partial charge in [-0.25, -0.2) is 9.97 Å². The first-order valence-corrected chi connectivity index (χ1v) is 5.04. The molecule has 0 aliphatic heterocycles. The molecule has 2 N–H and O–H groups in total. The summed E-state index contributed by atoms with van der Waals surface area (Å²) in [6, 6.07) is 1.81. The Balaban J connectivity index is 2.24. The zero-order valence-corrected chi connectivity index (χ0v) is 9.08. The minimum absolute atomic E-state index is 0.244. The molecule has 7 heteroatoms. The molecule has 0 saturated heterocycles. The molecule has 0 unspecified atom stereocenters. The molecule has 2 rings (SSSR count). The van der Waals surface area contributed by atoms with Gasteiger partial charge in [0.1, 0.15) is 5.03 Å². The molecule has 78 valence electrons. The molecule has 0 saturated carbocycles. The molecular weight excluding hydrogens is 214 g/mol. The molecule has 6 nitrogen and oxygen atoms in total. The van der Waals surface area contributed by atoms with Gasteiger partial charge in [-0.15, -0.1) is 10.2 Å². The van der Waals surface area contributed by atoms with Gasteiger partial charge in [0.05, 0.1) is 0 Å². The fraction of sp³-hybridized carbons (Fsp3) is 0.250. The first-order chi connectivity index (χ1) is 7.13. The number of nitrogens with two attached hydrogens (primary N) is 1. The normalized spacial score (nSPS) is 10.5. The van der Waals surface area contributed by atoms with Gasteiger partial charge in [-0.05, 0) is 24.8 Å². The van der Waals surface area contributed by atoms with Crippen LogP contribution in [0, 0.1) is 13.8 Å². The molecule has 0 spiro atoms. The zero-order chi connectivity index (χ0) is 10.8. The van der Waals surface area contributed by atoms with E-state index in [2.05, 4.69) is 20.2 Å². The van der Waals surface area contributed by atoms with E-state index >= 15 is 0 Å². The Morgan fingerprint density at radius 3 is 2.67 bits per heavy atom. The summed E-state index contributed by atoms with van der Waals surface area (Å²) >= 11 is 1.27. The fourth-order valence-electron chi connectivity index (χ4n) is 1.02. The SMILES string of the molecule is Cc1cc(Sc2nnc(C)o2)nc(N)n1. The first kappa shape index (κ1) is 9.91. The molecule has 0 fully saturated rings. The molecule has 2 aromatic heterocycles. The Hall–Kier alpha value is -1.63. The third kappa shape index (κ3) is 2.44. The molecule has 15 heavy (non-hydrogen) atoms. The van der Waals surface area contributed by atoms with E-state index in [0.717, 1.165) is 5.69 Å². The van der Waals surface area contributed by atoms with Crippen molar-refractivity contribution in [3.8, 4) is 0 Å². The Labute approximate surface area is 90.3 Å². The maximum atomic E-state index is 5.52. The van der Waals surface area contributed by atoms with Gasteiger partial charge in [0.25, 0.3) is 5.22 Å². The molecule has 2 heterocycles. The standard InChI is InChI=1S/C8H9N5OS/c1-4-3-6(11-7(9)10-4)15-8-13-12-5(2)14-8/h3H,1-2H3,(H2,9,10,11). The van der Waals surface area contributed by atoms with Crippen LogP contribution >= 0.6 is 11.8 Å². The van der Waals surface area contributed by atoms with Gasteiger partial charge in [0, 0.05) is 12.6 Å². The summed E-state index contributed by atoms with van der Waals surface area (Å²) < 4.78 is 5.21. The molecule has 0 aliphatic carbocycles. The maximum absolute atomic E-state index is 5.52. The second-order valence-corrected chi connectivity index (χ2v) is 3.87. The third-order valence-corrected chi connectivity index (χ3v) is 2.31. The highest BCUT2D eigenvalue weighted by Gasteiger charge is 2.07. The average molecular weight is 223 g/mol. The molecule has 2 aromatic rings. The van der Waals surface area contributed by atoms with E-state index in [1.54, 1.807) is 13.0 Å².